The van der Waals surface area contributed by atoms with Crippen LogP contribution in [0.4, 0.5) is 17.1 Å². The zero-order valence-electron chi connectivity index (χ0n) is 36.9. The van der Waals surface area contributed by atoms with E-state index in [1.165, 1.54) is 5.39 Å². The number of nitrogens with zero attached hydrogens (tertiary/aromatic N) is 2. The van der Waals surface area contributed by atoms with E-state index in [-0.39, 0.29) is 35.4 Å². The van der Waals surface area contributed by atoms with Gasteiger partial charge in [-0.1, -0.05) is 158 Å². The minimum Gasteiger partial charge on any atom is -0.455 e. The van der Waals surface area contributed by atoms with E-state index in [9.17, 15) is 5.48 Å². The highest BCUT2D eigenvalue weighted by Crippen LogP contribution is 2.45. The lowest BCUT2D eigenvalue weighted by molar-refractivity contribution is 0.672. The van der Waals surface area contributed by atoms with Gasteiger partial charge in [0.1, 0.15) is 11.2 Å². The fraction of sp³-hybridized carbons (Fsp3) is 0. The van der Waals surface area contributed by atoms with E-state index in [1.54, 1.807) is 0 Å². The smallest absolute Gasteiger partial charge is 0.143 e. The fourth-order valence-electron chi connectivity index (χ4n) is 8.94. The summed E-state index contributed by atoms with van der Waals surface area (Å²) in [6.45, 7) is 0. The van der Waals surface area contributed by atoms with E-state index in [0.717, 1.165) is 71.5 Å². The molecular weight excluding hydrogens is 741 g/mol. The molecule has 0 aliphatic rings. The van der Waals surface area contributed by atoms with Gasteiger partial charge in [0, 0.05) is 38.6 Å². The maximum atomic E-state index is 9.70. The standard InChI is InChI=1S/C58H38N2O/c1-3-12-39(13-4-1)40-22-24-41(25-23-40)42-26-32-47(33-27-42)59(55-20-11-21-56-57(55)51-36-30-44-14-7-8-17-49(44)58(51)61-56)48-34-28-43(29-35-48)45-31-37-54-52(38-45)50-18-9-10-19-53(50)60(54)46-15-5-2-6-16-46/h1-38H/i26D,27D,32D,33D. The number of fused-ring (bicyclic) bond motifs is 8. The van der Waals surface area contributed by atoms with E-state index in [0.29, 0.717) is 22.5 Å². The van der Waals surface area contributed by atoms with E-state index >= 15 is 0 Å². The van der Waals surface area contributed by atoms with Gasteiger partial charge in [-0.25, -0.2) is 0 Å². The number of hydrogen-bond donors (Lipinski definition) is 0. The van der Waals surface area contributed by atoms with Gasteiger partial charge in [-0.05, 0) is 112 Å². The van der Waals surface area contributed by atoms with Crippen LogP contribution in [0.5, 0.6) is 0 Å². The van der Waals surface area contributed by atoms with Crippen LogP contribution in [0.1, 0.15) is 5.48 Å². The summed E-state index contributed by atoms with van der Waals surface area (Å²) in [4.78, 5) is 1.87. The van der Waals surface area contributed by atoms with Crippen LogP contribution in [0.2, 0.25) is 0 Å². The third-order valence-electron chi connectivity index (χ3n) is 11.9. The molecule has 10 aromatic carbocycles. The highest BCUT2D eigenvalue weighted by atomic mass is 16.3. The molecule has 3 nitrogen and oxygen atoms in total. The van der Waals surface area contributed by atoms with Crippen LogP contribution in [0, 0.1) is 0 Å². The lowest BCUT2D eigenvalue weighted by Gasteiger charge is -2.26. The van der Waals surface area contributed by atoms with Crippen LogP contribution >= 0.6 is 0 Å². The largest absolute Gasteiger partial charge is 0.455 e. The predicted molar refractivity (Wildman–Crippen MR) is 257 cm³/mol. The molecule has 0 spiro atoms. The fourth-order valence-corrected chi connectivity index (χ4v) is 8.94. The first kappa shape index (κ1) is 30.9. The van der Waals surface area contributed by atoms with E-state index in [4.69, 9.17) is 4.42 Å². The Kier molecular flexibility index (Phi) is 7.24. The summed E-state index contributed by atoms with van der Waals surface area (Å²) in [7, 11) is 0. The van der Waals surface area contributed by atoms with Crippen molar-refractivity contribution in [3.8, 4) is 39.1 Å². The molecule has 0 saturated heterocycles. The Morgan fingerprint density at radius 3 is 1.79 bits per heavy atom. The Balaban J connectivity index is 1.03. The van der Waals surface area contributed by atoms with Crippen molar-refractivity contribution in [2.24, 2.45) is 0 Å². The highest BCUT2D eigenvalue weighted by molar-refractivity contribution is 6.19. The highest BCUT2D eigenvalue weighted by Gasteiger charge is 2.21. The average molecular weight is 783 g/mol. The lowest BCUT2D eigenvalue weighted by atomic mass is 9.99. The zero-order chi connectivity index (χ0) is 43.8. The van der Waals surface area contributed by atoms with E-state index < -0.39 is 0 Å². The summed E-state index contributed by atoms with van der Waals surface area (Å²) in [6.07, 6.45) is 0. The van der Waals surface area contributed by atoms with Crippen molar-refractivity contribution in [3.05, 3.63) is 230 Å². The van der Waals surface area contributed by atoms with Crippen LogP contribution in [0.3, 0.4) is 0 Å². The Morgan fingerprint density at radius 2 is 1.00 bits per heavy atom. The van der Waals surface area contributed by atoms with Crippen molar-refractivity contribution in [3.63, 3.8) is 0 Å². The summed E-state index contributed by atoms with van der Waals surface area (Å²) < 4.78 is 47.3. The monoisotopic (exact) mass is 782 g/mol. The minimum absolute atomic E-state index is 0.117. The maximum Gasteiger partial charge on any atom is 0.143 e. The van der Waals surface area contributed by atoms with Crippen molar-refractivity contribution in [2.75, 3.05) is 4.90 Å². The third-order valence-corrected chi connectivity index (χ3v) is 11.9. The number of rotatable bonds is 7. The normalized spacial score (nSPS) is 12.5. The van der Waals surface area contributed by atoms with Crippen LogP contribution in [0.15, 0.2) is 235 Å². The van der Waals surface area contributed by atoms with Gasteiger partial charge >= 0.3 is 0 Å². The van der Waals surface area contributed by atoms with Crippen molar-refractivity contribution in [2.45, 2.75) is 0 Å². The Labute approximate surface area is 359 Å². The Bertz CT molecular complexity index is 3770. The second kappa shape index (κ2) is 14.3. The molecule has 0 saturated carbocycles. The summed E-state index contributed by atoms with van der Waals surface area (Å²) in [6, 6.07) is 69.0. The molecule has 0 fully saturated rings. The van der Waals surface area contributed by atoms with Gasteiger partial charge < -0.3 is 13.9 Å². The first-order chi connectivity index (χ1) is 31.9. The first-order valence-corrected chi connectivity index (χ1v) is 20.5. The van der Waals surface area contributed by atoms with Crippen LogP contribution < -0.4 is 4.90 Å². The molecule has 12 aromatic rings. The molecule has 0 N–H and O–H groups in total. The van der Waals surface area contributed by atoms with Crippen molar-refractivity contribution >= 4 is 71.6 Å². The first-order valence-electron chi connectivity index (χ1n) is 22.5. The zero-order valence-corrected chi connectivity index (χ0v) is 32.9. The van der Waals surface area contributed by atoms with Crippen LogP contribution in [0.25, 0.3) is 93.6 Å². The van der Waals surface area contributed by atoms with Gasteiger partial charge in [0.15, 0.2) is 0 Å². The molecule has 0 unspecified atom stereocenters. The topological polar surface area (TPSA) is 21.3 Å². The summed E-state index contributed by atoms with van der Waals surface area (Å²) >= 11 is 0. The van der Waals surface area contributed by atoms with Crippen molar-refractivity contribution < 1.29 is 9.90 Å². The molecule has 0 amide bonds. The maximum absolute atomic E-state index is 9.70. The quantitative estimate of drug-likeness (QED) is 0.161. The van der Waals surface area contributed by atoms with Gasteiger partial charge in [0.2, 0.25) is 0 Å². The molecule has 3 heteroatoms. The molecule has 2 heterocycles. The summed E-state index contributed by atoms with van der Waals surface area (Å²) in [5, 5.41) is 6.07. The summed E-state index contributed by atoms with van der Waals surface area (Å²) in [5.74, 6) is 0. The second-order valence-electron chi connectivity index (χ2n) is 15.4. The molecule has 61 heavy (non-hydrogen) atoms. The average Bonchev–Trinajstić information content (AvgIpc) is 3.92. The second-order valence-corrected chi connectivity index (χ2v) is 15.4. The van der Waals surface area contributed by atoms with Gasteiger partial charge in [-0.2, -0.15) is 0 Å². The molecule has 286 valence electrons. The van der Waals surface area contributed by atoms with Gasteiger partial charge in [0.05, 0.1) is 27.6 Å². The Morgan fingerprint density at radius 1 is 0.393 bits per heavy atom. The van der Waals surface area contributed by atoms with E-state index in [2.05, 4.69) is 108 Å². The number of anilines is 3. The van der Waals surface area contributed by atoms with Gasteiger partial charge in [0.25, 0.3) is 0 Å². The number of hydrogen-bond acceptors (Lipinski definition) is 2. The molecule has 12 rings (SSSR count). The lowest BCUT2D eigenvalue weighted by Crippen LogP contribution is -2.10. The minimum atomic E-state index is -0.146. The van der Waals surface area contributed by atoms with E-state index in [1.807, 2.05) is 108 Å². The molecule has 0 atom stereocenters. The van der Waals surface area contributed by atoms with Crippen LogP contribution in [-0.4, -0.2) is 4.57 Å². The molecule has 0 radical (unpaired) electrons. The molecule has 0 bridgehead atoms. The van der Waals surface area contributed by atoms with Crippen LogP contribution in [-0.2, 0) is 0 Å². The third kappa shape index (κ3) is 5.90. The molecular formula is C58H38N2O. The number of furan rings is 1. The number of benzene rings is 10. The van der Waals surface area contributed by atoms with Crippen molar-refractivity contribution in [1.29, 1.82) is 0 Å². The molecule has 0 aliphatic carbocycles. The van der Waals surface area contributed by atoms with Crippen molar-refractivity contribution in [1.82, 2.24) is 4.57 Å². The molecule has 2 aromatic heterocycles. The Hall–Kier alpha value is -8.14. The summed E-state index contributed by atoms with van der Waals surface area (Å²) in [5.41, 5.74) is 11.3. The number of aromatic nitrogens is 1. The predicted octanol–water partition coefficient (Wildman–Crippen LogP) is 16.3. The number of para-hydroxylation sites is 2. The van der Waals surface area contributed by atoms with Gasteiger partial charge in [-0.3, -0.25) is 0 Å². The molecule has 0 aliphatic heterocycles. The SMILES string of the molecule is [2H]c1c([2H])c(N(c2ccc(-c3ccc4c(c3)c3ccccc3n4-c3ccccc3)cc2)c2cccc3oc4c5ccccc5ccc4c23)c([2H])c([2H])c1-c1ccc(-c2ccccc2)cc1. The van der Waals surface area contributed by atoms with Gasteiger partial charge in [-0.15, -0.1) is 0 Å².